The van der Waals surface area contributed by atoms with Crippen LogP contribution in [-0.2, 0) is 12.8 Å². The number of nitrogens with two attached hydrogens (primary N) is 1. The Morgan fingerprint density at radius 3 is 2.45 bits per heavy atom. The molecule has 2 aromatic rings. The van der Waals surface area contributed by atoms with Gasteiger partial charge in [0.1, 0.15) is 5.82 Å². The summed E-state index contributed by atoms with van der Waals surface area (Å²) in [5.41, 5.74) is 4.97. The highest BCUT2D eigenvalue weighted by Crippen LogP contribution is 2.20. The van der Waals surface area contributed by atoms with Crippen LogP contribution in [-0.4, -0.2) is 6.04 Å². The summed E-state index contributed by atoms with van der Waals surface area (Å²) in [5.74, 6) is 5.36. The molecular weight excluding hydrogens is 343 g/mol. The molecule has 20 heavy (non-hydrogen) atoms. The van der Waals surface area contributed by atoms with E-state index in [1.165, 1.54) is 12.1 Å². The fourth-order valence-electron chi connectivity index (χ4n) is 2.05. The molecule has 0 amide bonds. The molecule has 3 N–H and O–H groups in total. The molecule has 2 aromatic carbocycles. The van der Waals surface area contributed by atoms with Crippen molar-refractivity contribution >= 4 is 27.5 Å². The van der Waals surface area contributed by atoms with Crippen LogP contribution in [0.3, 0.4) is 0 Å². The maximum atomic E-state index is 13.1. The predicted octanol–water partition coefficient (Wildman–Crippen LogP) is 3.86. The second-order valence-corrected chi connectivity index (χ2v) is 5.92. The smallest absolute Gasteiger partial charge is 0.124 e. The molecule has 0 fully saturated rings. The molecule has 0 saturated carbocycles. The number of rotatable bonds is 5. The third-order valence-corrected chi connectivity index (χ3v) is 4.10. The predicted molar refractivity (Wildman–Crippen MR) is 84.1 cm³/mol. The molecule has 2 nitrogen and oxygen atoms in total. The zero-order chi connectivity index (χ0) is 14.5. The van der Waals surface area contributed by atoms with Gasteiger partial charge in [-0.25, -0.2) is 4.39 Å². The van der Waals surface area contributed by atoms with E-state index < -0.39 is 0 Å². The average molecular weight is 358 g/mol. The minimum absolute atomic E-state index is 0.0675. The molecule has 1 atom stereocenters. The molecule has 106 valence electrons. The Bertz CT molecular complexity index is 575. The maximum Gasteiger partial charge on any atom is 0.124 e. The molecular formula is C15H15BrClFN2. The van der Waals surface area contributed by atoms with Gasteiger partial charge in [0, 0.05) is 15.5 Å². The summed E-state index contributed by atoms with van der Waals surface area (Å²) in [6.07, 6.45) is 1.48. The maximum absolute atomic E-state index is 13.1. The molecule has 0 saturated heterocycles. The minimum Gasteiger partial charge on any atom is -0.271 e. The Kier molecular flexibility index (Phi) is 5.54. The van der Waals surface area contributed by atoms with E-state index >= 15 is 0 Å². The molecule has 0 radical (unpaired) electrons. The van der Waals surface area contributed by atoms with Gasteiger partial charge in [-0.15, -0.1) is 0 Å². The number of hydrogen-bond donors (Lipinski definition) is 2. The summed E-state index contributed by atoms with van der Waals surface area (Å²) in [4.78, 5) is 0. The summed E-state index contributed by atoms with van der Waals surface area (Å²) < 4.78 is 13.8. The second-order valence-electron chi connectivity index (χ2n) is 4.63. The van der Waals surface area contributed by atoms with Crippen LogP contribution in [0.15, 0.2) is 46.9 Å². The number of benzene rings is 2. The molecule has 0 aliphatic heterocycles. The van der Waals surface area contributed by atoms with Gasteiger partial charge in [-0.2, -0.15) is 0 Å². The molecule has 1 unspecified atom stereocenters. The SMILES string of the molecule is NNC(Cc1ccc(Cl)cc1)Cc1ccc(F)cc1Br. The molecule has 0 aromatic heterocycles. The van der Waals surface area contributed by atoms with Gasteiger partial charge in [0.15, 0.2) is 0 Å². The molecule has 0 heterocycles. The van der Waals surface area contributed by atoms with Crippen LogP contribution >= 0.6 is 27.5 Å². The third kappa shape index (κ3) is 4.28. The Balaban J connectivity index is 2.07. The summed E-state index contributed by atoms with van der Waals surface area (Å²) in [5, 5.41) is 0.715. The highest BCUT2D eigenvalue weighted by molar-refractivity contribution is 9.10. The van der Waals surface area contributed by atoms with Crippen molar-refractivity contribution in [2.45, 2.75) is 18.9 Å². The lowest BCUT2D eigenvalue weighted by atomic mass is 9.99. The molecule has 0 aliphatic carbocycles. The van der Waals surface area contributed by atoms with Crippen LogP contribution in [0.25, 0.3) is 0 Å². The minimum atomic E-state index is -0.254. The summed E-state index contributed by atoms with van der Waals surface area (Å²) in [6.45, 7) is 0. The van der Waals surface area contributed by atoms with E-state index in [2.05, 4.69) is 21.4 Å². The van der Waals surface area contributed by atoms with Crippen LogP contribution in [0, 0.1) is 5.82 Å². The first kappa shape index (κ1) is 15.4. The van der Waals surface area contributed by atoms with Crippen LogP contribution in [0.4, 0.5) is 4.39 Å². The summed E-state index contributed by atoms with van der Waals surface area (Å²) in [6, 6.07) is 12.4. The Morgan fingerprint density at radius 2 is 1.85 bits per heavy atom. The van der Waals surface area contributed by atoms with Crippen molar-refractivity contribution in [2.75, 3.05) is 0 Å². The first-order valence-electron chi connectivity index (χ1n) is 6.23. The fraction of sp³-hybridized carbons (Fsp3) is 0.200. The normalized spacial score (nSPS) is 12.4. The second kappa shape index (κ2) is 7.18. The molecule has 2 rings (SSSR count). The van der Waals surface area contributed by atoms with E-state index in [0.29, 0.717) is 11.4 Å². The zero-order valence-electron chi connectivity index (χ0n) is 10.7. The van der Waals surface area contributed by atoms with Crippen molar-refractivity contribution in [2.24, 2.45) is 5.84 Å². The van der Waals surface area contributed by atoms with E-state index in [1.807, 2.05) is 24.3 Å². The lowest BCUT2D eigenvalue weighted by molar-refractivity contribution is 0.521. The van der Waals surface area contributed by atoms with E-state index in [4.69, 9.17) is 17.4 Å². The molecule has 0 aliphatic rings. The first-order chi connectivity index (χ1) is 9.58. The topological polar surface area (TPSA) is 38.0 Å². The fourth-order valence-corrected chi connectivity index (χ4v) is 2.69. The lowest BCUT2D eigenvalue weighted by Gasteiger charge is -2.17. The van der Waals surface area contributed by atoms with E-state index in [9.17, 15) is 4.39 Å². The first-order valence-corrected chi connectivity index (χ1v) is 7.40. The zero-order valence-corrected chi connectivity index (χ0v) is 13.1. The number of hydrogen-bond acceptors (Lipinski definition) is 2. The molecule has 0 bridgehead atoms. The number of nitrogens with one attached hydrogen (secondary N) is 1. The van der Waals surface area contributed by atoms with Crippen LogP contribution in [0.5, 0.6) is 0 Å². The van der Waals surface area contributed by atoms with E-state index in [1.54, 1.807) is 6.07 Å². The standard InChI is InChI=1S/C15H15BrClFN2/c16-15-9-13(18)6-3-11(15)8-14(20-19)7-10-1-4-12(17)5-2-10/h1-6,9,14,20H,7-8,19H2. The Hall–Kier alpha value is -0.940. The Labute approximate surface area is 131 Å². The van der Waals surface area contributed by atoms with Gasteiger partial charge in [0.2, 0.25) is 0 Å². The van der Waals surface area contributed by atoms with Crippen molar-refractivity contribution < 1.29 is 4.39 Å². The monoisotopic (exact) mass is 356 g/mol. The molecule has 0 spiro atoms. The van der Waals surface area contributed by atoms with Gasteiger partial charge in [-0.1, -0.05) is 45.7 Å². The van der Waals surface area contributed by atoms with Crippen molar-refractivity contribution in [3.05, 3.63) is 68.9 Å². The Morgan fingerprint density at radius 1 is 1.15 bits per heavy atom. The van der Waals surface area contributed by atoms with Crippen LogP contribution in [0.1, 0.15) is 11.1 Å². The van der Waals surface area contributed by atoms with Crippen molar-refractivity contribution in [3.8, 4) is 0 Å². The highest BCUT2D eigenvalue weighted by atomic mass is 79.9. The van der Waals surface area contributed by atoms with Crippen molar-refractivity contribution in [1.82, 2.24) is 5.43 Å². The van der Waals surface area contributed by atoms with Gasteiger partial charge < -0.3 is 0 Å². The van der Waals surface area contributed by atoms with Gasteiger partial charge in [0.05, 0.1) is 0 Å². The van der Waals surface area contributed by atoms with Gasteiger partial charge >= 0.3 is 0 Å². The average Bonchev–Trinajstić information content (AvgIpc) is 2.43. The van der Waals surface area contributed by atoms with Gasteiger partial charge in [-0.05, 0) is 48.2 Å². The van der Waals surface area contributed by atoms with Gasteiger partial charge in [0.25, 0.3) is 0 Å². The third-order valence-electron chi connectivity index (χ3n) is 3.11. The lowest BCUT2D eigenvalue weighted by Crippen LogP contribution is -2.38. The quantitative estimate of drug-likeness (QED) is 0.630. The van der Waals surface area contributed by atoms with E-state index in [0.717, 1.165) is 22.0 Å². The van der Waals surface area contributed by atoms with Gasteiger partial charge in [-0.3, -0.25) is 11.3 Å². The van der Waals surface area contributed by atoms with Crippen molar-refractivity contribution in [3.63, 3.8) is 0 Å². The van der Waals surface area contributed by atoms with Crippen LogP contribution < -0.4 is 11.3 Å². The summed E-state index contributed by atoms with van der Waals surface area (Å²) >= 11 is 9.24. The number of hydrazine groups is 1. The number of halogens is 3. The highest BCUT2D eigenvalue weighted by Gasteiger charge is 2.11. The summed E-state index contributed by atoms with van der Waals surface area (Å²) in [7, 11) is 0. The molecule has 5 heteroatoms. The largest absolute Gasteiger partial charge is 0.271 e. The van der Waals surface area contributed by atoms with Crippen LogP contribution in [0.2, 0.25) is 5.02 Å². The van der Waals surface area contributed by atoms with Crippen molar-refractivity contribution in [1.29, 1.82) is 0 Å². The van der Waals surface area contributed by atoms with E-state index in [-0.39, 0.29) is 11.9 Å².